The molecule has 0 unspecified atom stereocenters. The number of ether oxygens (including phenoxy) is 3. The van der Waals surface area contributed by atoms with Gasteiger partial charge in [0.05, 0.1) is 38.2 Å². The first-order valence-corrected chi connectivity index (χ1v) is 11.9. The summed E-state index contributed by atoms with van der Waals surface area (Å²) in [5, 5.41) is 4.27. The summed E-state index contributed by atoms with van der Waals surface area (Å²) in [5.41, 5.74) is 3.93. The zero-order valence-corrected chi connectivity index (χ0v) is 20.0. The van der Waals surface area contributed by atoms with Crippen LogP contribution in [0.15, 0.2) is 53.6 Å². The molecule has 0 saturated carbocycles. The van der Waals surface area contributed by atoms with Gasteiger partial charge in [0.2, 0.25) is 17.8 Å². The summed E-state index contributed by atoms with van der Waals surface area (Å²) in [6.07, 6.45) is 1.61. The molecule has 2 fully saturated rings. The molecule has 2 aliphatic rings. The summed E-state index contributed by atoms with van der Waals surface area (Å²) in [6.45, 7) is 5.29. The van der Waals surface area contributed by atoms with Crippen LogP contribution in [0.1, 0.15) is 15.9 Å². The van der Waals surface area contributed by atoms with Gasteiger partial charge in [-0.2, -0.15) is 20.1 Å². The average molecular weight is 508 g/mol. The van der Waals surface area contributed by atoms with Crippen molar-refractivity contribution in [2.45, 2.75) is 0 Å². The number of halogens is 1. The molecule has 11 nitrogen and oxygen atoms in total. The summed E-state index contributed by atoms with van der Waals surface area (Å²) in [5.74, 6) is 0.863. The van der Waals surface area contributed by atoms with Crippen LogP contribution >= 0.6 is 0 Å². The zero-order chi connectivity index (χ0) is 25.5. The number of esters is 1. The number of hydrogen-bond donors (Lipinski definition) is 1. The number of nitrogens with zero attached hydrogens (tertiary/aromatic N) is 6. The van der Waals surface area contributed by atoms with Gasteiger partial charge in [0.25, 0.3) is 0 Å². The van der Waals surface area contributed by atoms with E-state index in [4.69, 9.17) is 14.2 Å². The van der Waals surface area contributed by atoms with Crippen LogP contribution in [0.2, 0.25) is 0 Å². The van der Waals surface area contributed by atoms with Crippen LogP contribution in [-0.4, -0.2) is 79.7 Å². The third-order valence-electron chi connectivity index (χ3n) is 5.75. The Hall–Kier alpha value is -4.16. The van der Waals surface area contributed by atoms with Crippen molar-refractivity contribution in [2.75, 3.05) is 67.8 Å². The molecule has 2 saturated heterocycles. The molecule has 5 rings (SSSR count). The Morgan fingerprint density at radius 2 is 1.43 bits per heavy atom. The molecule has 0 radical (unpaired) electrons. The van der Waals surface area contributed by atoms with Crippen LogP contribution in [0.4, 0.5) is 22.2 Å². The molecule has 3 aromatic rings. The van der Waals surface area contributed by atoms with Gasteiger partial charge in [-0.3, -0.25) is 0 Å². The Labute approximate surface area is 212 Å². The van der Waals surface area contributed by atoms with Crippen molar-refractivity contribution in [1.82, 2.24) is 15.0 Å². The SMILES string of the molecule is O=C(Oc1ccc(C=NNc2nc(N3CCOCC3)nc(N3CCOCC3)n2)cc1)c1ccc(F)cc1. The maximum atomic E-state index is 13.0. The summed E-state index contributed by atoms with van der Waals surface area (Å²) < 4.78 is 29.3. The minimum absolute atomic E-state index is 0.265. The van der Waals surface area contributed by atoms with Gasteiger partial charge < -0.3 is 24.0 Å². The standard InChI is InChI=1S/C25H26FN7O4/c26-20-5-3-19(4-6-20)22(34)37-21-7-1-18(2-8-21)17-27-31-23-28-24(32-9-13-35-14-10-32)30-25(29-23)33-11-15-36-16-12-33/h1-8,17H,9-16H2,(H,28,29,30,31). The highest BCUT2D eigenvalue weighted by Crippen LogP contribution is 2.19. The summed E-state index contributed by atoms with van der Waals surface area (Å²) in [6, 6.07) is 12.0. The second kappa shape index (κ2) is 11.7. The molecule has 0 amide bonds. The van der Waals surface area contributed by atoms with Gasteiger partial charge in [-0.15, -0.1) is 0 Å². The van der Waals surface area contributed by atoms with E-state index >= 15 is 0 Å². The molecule has 0 atom stereocenters. The number of anilines is 3. The van der Waals surface area contributed by atoms with E-state index in [9.17, 15) is 9.18 Å². The maximum absolute atomic E-state index is 13.0. The molecule has 37 heavy (non-hydrogen) atoms. The van der Waals surface area contributed by atoms with Crippen LogP contribution in [0.3, 0.4) is 0 Å². The van der Waals surface area contributed by atoms with Crippen LogP contribution in [0.5, 0.6) is 5.75 Å². The summed E-state index contributed by atoms with van der Waals surface area (Å²) >= 11 is 0. The third kappa shape index (κ3) is 6.54. The van der Waals surface area contributed by atoms with Gasteiger partial charge >= 0.3 is 5.97 Å². The minimum atomic E-state index is -0.565. The zero-order valence-electron chi connectivity index (χ0n) is 20.0. The van der Waals surface area contributed by atoms with Gasteiger partial charge in [-0.1, -0.05) is 0 Å². The van der Waals surface area contributed by atoms with Crippen molar-refractivity contribution >= 4 is 30.0 Å². The van der Waals surface area contributed by atoms with Crippen molar-refractivity contribution in [3.63, 3.8) is 0 Å². The largest absolute Gasteiger partial charge is 0.423 e. The third-order valence-corrected chi connectivity index (χ3v) is 5.75. The molecular weight excluding hydrogens is 481 g/mol. The van der Waals surface area contributed by atoms with E-state index in [1.165, 1.54) is 24.3 Å². The number of nitrogens with one attached hydrogen (secondary N) is 1. The number of carbonyl (C=O) groups excluding carboxylic acids is 1. The second-order valence-electron chi connectivity index (χ2n) is 8.29. The molecular formula is C25H26FN7O4. The van der Waals surface area contributed by atoms with Gasteiger partial charge in [0.1, 0.15) is 11.6 Å². The number of rotatable bonds is 7. The molecule has 2 aliphatic heterocycles. The van der Waals surface area contributed by atoms with Crippen molar-refractivity contribution in [2.24, 2.45) is 5.10 Å². The first kappa shape index (κ1) is 24.5. The Morgan fingerprint density at radius 3 is 2.00 bits per heavy atom. The second-order valence-corrected chi connectivity index (χ2v) is 8.29. The van der Waals surface area contributed by atoms with E-state index in [0.29, 0.717) is 76.2 Å². The average Bonchev–Trinajstić information content (AvgIpc) is 2.95. The predicted octanol–water partition coefficient (Wildman–Crippen LogP) is 2.35. The molecule has 0 spiro atoms. The van der Waals surface area contributed by atoms with Crippen LogP contribution in [-0.2, 0) is 9.47 Å². The van der Waals surface area contributed by atoms with E-state index in [0.717, 1.165) is 5.56 Å². The van der Waals surface area contributed by atoms with Crippen LogP contribution in [0, 0.1) is 5.82 Å². The number of aromatic nitrogens is 3. The molecule has 12 heteroatoms. The fourth-order valence-corrected chi connectivity index (χ4v) is 3.75. The smallest absolute Gasteiger partial charge is 0.343 e. The Balaban J connectivity index is 1.24. The lowest BCUT2D eigenvalue weighted by Gasteiger charge is -2.30. The number of benzene rings is 2. The van der Waals surface area contributed by atoms with Gasteiger partial charge in [-0.05, 0) is 54.1 Å². The van der Waals surface area contributed by atoms with E-state index < -0.39 is 11.8 Å². The predicted molar refractivity (Wildman–Crippen MR) is 135 cm³/mol. The lowest BCUT2D eigenvalue weighted by atomic mass is 10.2. The fourth-order valence-electron chi connectivity index (χ4n) is 3.75. The van der Waals surface area contributed by atoms with E-state index in [-0.39, 0.29) is 5.56 Å². The Kier molecular flexibility index (Phi) is 7.77. The molecule has 2 aromatic carbocycles. The molecule has 192 valence electrons. The lowest BCUT2D eigenvalue weighted by molar-refractivity contribution is 0.0734. The number of carbonyl (C=O) groups is 1. The molecule has 0 bridgehead atoms. The lowest BCUT2D eigenvalue weighted by Crippen LogP contribution is -2.40. The van der Waals surface area contributed by atoms with E-state index in [1.807, 2.05) is 0 Å². The van der Waals surface area contributed by atoms with Gasteiger partial charge in [0, 0.05) is 26.2 Å². The van der Waals surface area contributed by atoms with Gasteiger partial charge in [0.15, 0.2) is 0 Å². The summed E-state index contributed by atoms with van der Waals surface area (Å²) in [7, 11) is 0. The first-order valence-electron chi connectivity index (χ1n) is 11.9. The van der Waals surface area contributed by atoms with E-state index in [1.54, 1.807) is 30.5 Å². The van der Waals surface area contributed by atoms with Crippen molar-refractivity contribution < 1.29 is 23.4 Å². The number of hydrogen-bond acceptors (Lipinski definition) is 11. The fraction of sp³-hybridized carbons (Fsp3) is 0.320. The van der Waals surface area contributed by atoms with Crippen molar-refractivity contribution in [1.29, 1.82) is 0 Å². The quantitative estimate of drug-likeness (QED) is 0.221. The highest BCUT2D eigenvalue weighted by molar-refractivity contribution is 5.91. The minimum Gasteiger partial charge on any atom is -0.423 e. The number of hydrazone groups is 1. The number of morpholine rings is 2. The molecule has 1 aromatic heterocycles. The van der Waals surface area contributed by atoms with Crippen molar-refractivity contribution in [3.05, 3.63) is 65.5 Å². The van der Waals surface area contributed by atoms with Crippen LogP contribution in [0.25, 0.3) is 0 Å². The van der Waals surface area contributed by atoms with Crippen molar-refractivity contribution in [3.8, 4) is 5.75 Å². The topological polar surface area (TPSA) is 114 Å². The molecule has 3 heterocycles. The normalized spacial score (nSPS) is 16.1. The Bertz CT molecular complexity index is 1190. The maximum Gasteiger partial charge on any atom is 0.343 e. The van der Waals surface area contributed by atoms with E-state index in [2.05, 4.69) is 35.3 Å². The molecule has 0 aliphatic carbocycles. The monoisotopic (exact) mass is 507 g/mol. The van der Waals surface area contributed by atoms with Crippen LogP contribution < -0.4 is 20.0 Å². The Morgan fingerprint density at radius 1 is 0.865 bits per heavy atom. The first-order chi connectivity index (χ1) is 18.1. The highest BCUT2D eigenvalue weighted by atomic mass is 19.1. The molecule has 1 N–H and O–H groups in total. The summed E-state index contributed by atoms with van der Waals surface area (Å²) in [4.78, 5) is 30.1. The highest BCUT2D eigenvalue weighted by Gasteiger charge is 2.20. The van der Waals surface area contributed by atoms with Gasteiger partial charge in [-0.25, -0.2) is 14.6 Å².